The summed E-state index contributed by atoms with van der Waals surface area (Å²) in [5, 5.41) is 3.92. The van der Waals surface area contributed by atoms with Crippen molar-refractivity contribution in [2.75, 3.05) is 6.54 Å². The van der Waals surface area contributed by atoms with Crippen molar-refractivity contribution in [3.63, 3.8) is 0 Å². The number of nitrogens with zero attached hydrogens (tertiary/aromatic N) is 2. The molecule has 0 atom stereocenters. The third-order valence-electron chi connectivity index (χ3n) is 3.36. The second-order valence-corrected chi connectivity index (χ2v) is 5.42. The summed E-state index contributed by atoms with van der Waals surface area (Å²) in [7, 11) is 0. The van der Waals surface area contributed by atoms with Gasteiger partial charge in [0.15, 0.2) is 0 Å². The highest BCUT2D eigenvalue weighted by atomic mass is 16.2. The van der Waals surface area contributed by atoms with E-state index in [1.54, 1.807) is 0 Å². The predicted molar refractivity (Wildman–Crippen MR) is 75.7 cm³/mol. The van der Waals surface area contributed by atoms with Gasteiger partial charge in [-0.2, -0.15) is 5.10 Å². The van der Waals surface area contributed by atoms with Crippen LogP contribution in [-0.4, -0.2) is 35.0 Å². The zero-order chi connectivity index (χ0) is 14.4. The fourth-order valence-corrected chi connectivity index (χ4v) is 2.31. The number of hydrazone groups is 1. The first-order chi connectivity index (χ1) is 8.99. The van der Waals surface area contributed by atoms with Crippen molar-refractivity contribution in [2.24, 2.45) is 11.0 Å². The molecule has 2 amide bonds. The van der Waals surface area contributed by atoms with E-state index in [0.717, 1.165) is 19.4 Å². The largest absolute Gasteiger partial charge is 0.334 e. The summed E-state index contributed by atoms with van der Waals surface area (Å²) in [5.41, 5.74) is 2.88. The summed E-state index contributed by atoms with van der Waals surface area (Å²) in [5.74, 6) is 0.278. The van der Waals surface area contributed by atoms with Crippen LogP contribution in [0.4, 0.5) is 0 Å². The molecule has 0 aromatic rings. The summed E-state index contributed by atoms with van der Waals surface area (Å²) in [6.45, 7) is 9.14. The Morgan fingerprint density at radius 3 is 2.37 bits per heavy atom. The lowest BCUT2D eigenvalue weighted by Gasteiger charge is -2.32. The second-order valence-electron chi connectivity index (χ2n) is 5.42. The van der Waals surface area contributed by atoms with Crippen LogP contribution in [0.2, 0.25) is 0 Å². The minimum atomic E-state index is -0.116. The van der Waals surface area contributed by atoms with Gasteiger partial charge in [0.25, 0.3) is 5.91 Å². The van der Waals surface area contributed by atoms with E-state index in [-0.39, 0.29) is 17.9 Å². The molecule has 0 saturated heterocycles. The second kappa shape index (κ2) is 7.26. The average molecular weight is 267 g/mol. The van der Waals surface area contributed by atoms with Gasteiger partial charge in [0.1, 0.15) is 5.71 Å². The van der Waals surface area contributed by atoms with Crippen molar-refractivity contribution in [1.82, 2.24) is 10.3 Å². The molecule has 0 aromatic carbocycles. The molecule has 1 N–H and O–H groups in total. The Kier molecular flexibility index (Phi) is 5.99. The topological polar surface area (TPSA) is 61.8 Å². The Balaban J connectivity index is 2.84. The first-order valence-corrected chi connectivity index (χ1v) is 7.15. The summed E-state index contributed by atoms with van der Waals surface area (Å²) in [6, 6.07) is 0.246. The average Bonchev–Trinajstić information content (AvgIpc) is 2.38. The van der Waals surface area contributed by atoms with E-state index in [2.05, 4.69) is 38.2 Å². The molecule has 0 spiro atoms. The van der Waals surface area contributed by atoms with Gasteiger partial charge in [-0.1, -0.05) is 27.7 Å². The lowest BCUT2D eigenvalue weighted by Crippen LogP contribution is -2.47. The molecule has 1 aliphatic heterocycles. The molecule has 1 rings (SSSR count). The van der Waals surface area contributed by atoms with E-state index >= 15 is 0 Å². The zero-order valence-corrected chi connectivity index (χ0v) is 12.4. The molecular formula is C14H25N3O2. The van der Waals surface area contributed by atoms with Gasteiger partial charge >= 0.3 is 0 Å². The minimum absolute atomic E-state index is 0.0256. The maximum absolute atomic E-state index is 12.5. The first-order valence-electron chi connectivity index (χ1n) is 7.15. The molecule has 0 bridgehead atoms. The Morgan fingerprint density at radius 2 is 1.95 bits per heavy atom. The van der Waals surface area contributed by atoms with E-state index in [4.69, 9.17) is 0 Å². The normalized spacial score (nSPS) is 15.5. The van der Waals surface area contributed by atoms with Crippen molar-refractivity contribution in [2.45, 2.75) is 59.4 Å². The van der Waals surface area contributed by atoms with Gasteiger partial charge in [0, 0.05) is 25.4 Å². The van der Waals surface area contributed by atoms with Crippen molar-refractivity contribution in [3.05, 3.63) is 0 Å². The summed E-state index contributed by atoms with van der Waals surface area (Å²) in [6.07, 6.45) is 2.67. The van der Waals surface area contributed by atoms with Crippen molar-refractivity contribution < 1.29 is 9.59 Å². The van der Waals surface area contributed by atoms with Gasteiger partial charge in [-0.25, -0.2) is 5.43 Å². The van der Waals surface area contributed by atoms with Gasteiger partial charge in [-0.05, 0) is 18.8 Å². The quantitative estimate of drug-likeness (QED) is 0.799. The van der Waals surface area contributed by atoms with Crippen LogP contribution in [0.5, 0.6) is 0 Å². The molecule has 5 nitrogen and oxygen atoms in total. The summed E-state index contributed by atoms with van der Waals surface area (Å²) < 4.78 is 0. The molecule has 1 heterocycles. The zero-order valence-electron chi connectivity index (χ0n) is 12.4. The van der Waals surface area contributed by atoms with Crippen molar-refractivity contribution in [3.8, 4) is 0 Å². The number of hydrogen-bond acceptors (Lipinski definition) is 3. The number of nitrogens with one attached hydrogen (secondary N) is 1. The molecule has 1 aliphatic rings. The van der Waals surface area contributed by atoms with Crippen LogP contribution in [0.15, 0.2) is 5.10 Å². The van der Waals surface area contributed by atoms with Crippen LogP contribution in [-0.2, 0) is 9.59 Å². The Morgan fingerprint density at radius 1 is 1.32 bits per heavy atom. The number of hydrogen-bond donors (Lipinski definition) is 1. The molecule has 0 aliphatic carbocycles. The molecule has 0 aromatic heterocycles. The highest BCUT2D eigenvalue weighted by Crippen LogP contribution is 2.14. The van der Waals surface area contributed by atoms with Gasteiger partial charge in [0.2, 0.25) is 5.91 Å². The SMILES string of the molecule is CCC(CC)N(CC(C)C)C(=O)C1=NNC(=O)CC1. The van der Waals surface area contributed by atoms with Gasteiger partial charge in [-0.15, -0.1) is 0 Å². The maximum Gasteiger partial charge on any atom is 0.270 e. The number of carbonyl (C=O) groups excluding carboxylic acids is 2. The third kappa shape index (κ3) is 4.33. The van der Waals surface area contributed by atoms with Crippen LogP contribution in [0.3, 0.4) is 0 Å². The summed E-state index contributed by atoms with van der Waals surface area (Å²) >= 11 is 0. The lowest BCUT2D eigenvalue weighted by atomic mass is 10.0. The molecule has 0 saturated carbocycles. The van der Waals surface area contributed by atoms with E-state index in [1.165, 1.54) is 0 Å². The Bertz CT molecular complexity index is 360. The lowest BCUT2D eigenvalue weighted by molar-refractivity contribution is -0.127. The van der Waals surface area contributed by atoms with Gasteiger partial charge in [-0.3, -0.25) is 9.59 Å². The molecule has 5 heteroatoms. The fourth-order valence-electron chi connectivity index (χ4n) is 2.31. The molecule has 0 fully saturated rings. The number of amides is 2. The van der Waals surface area contributed by atoms with Crippen molar-refractivity contribution in [1.29, 1.82) is 0 Å². The third-order valence-corrected chi connectivity index (χ3v) is 3.36. The standard InChI is InChI=1S/C14H25N3O2/c1-5-11(6-2)17(9-10(3)4)14(19)12-7-8-13(18)16-15-12/h10-11H,5-9H2,1-4H3,(H,16,18). The van der Waals surface area contributed by atoms with Gasteiger partial charge < -0.3 is 4.90 Å². The van der Waals surface area contributed by atoms with E-state index in [0.29, 0.717) is 24.5 Å². The minimum Gasteiger partial charge on any atom is -0.334 e. The van der Waals surface area contributed by atoms with E-state index in [1.807, 2.05) is 4.90 Å². The number of carbonyl (C=O) groups is 2. The fraction of sp³-hybridized carbons (Fsp3) is 0.786. The monoisotopic (exact) mass is 267 g/mol. The highest BCUT2D eigenvalue weighted by molar-refractivity contribution is 6.39. The maximum atomic E-state index is 12.5. The Labute approximate surface area is 115 Å². The Hall–Kier alpha value is -1.39. The van der Waals surface area contributed by atoms with Crippen LogP contribution >= 0.6 is 0 Å². The molecular weight excluding hydrogens is 242 g/mol. The highest BCUT2D eigenvalue weighted by Gasteiger charge is 2.27. The summed E-state index contributed by atoms with van der Waals surface area (Å²) in [4.78, 5) is 25.5. The van der Waals surface area contributed by atoms with Crippen molar-refractivity contribution >= 4 is 17.5 Å². The molecule has 0 unspecified atom stereocenters. The van der Waals surface area contributed by atoms with E-state index < -0.39 is 0 Å². The number of rotatable bonds is 6. The smallest absolute Gasteiger partial charge is 0.270 e. The molecule has 19 heavy (non-hydrogen) atoms. The predicted octanol–water partition coefficient (Wildman–Crippen LogP) is 1.93. The molecule has 0 radical (unpaired) electrons. The van der Waals surface area contributed by atoms with Crippen LogP contribution < -0.4 is 5.43 Å². The van der Waals surface area contributed by atoms with E-state index in [9.17, 15) is 9.59 Å². The first kappa shape index (κ1) is 15.7. The van der Waals surface area contributed by atoms with Crippen LogP contribution in [0, 0.1) is 5.92 Å². The van der Waals surface area contributed by atoms with Crippen LogP contribution in [0.25, 0.3) is 0 Å². The molecule has 108 valence electrons. The van der Waals surface area contributed by atoms with Gasteiger partial charge in [0.05, 0.1) is 0 Å². The van der Waals surface area contributed by atoms with Crippen LogP contribution in [0.1, 0.15) is 53.4 Å².